The van der Waals surface area contributed by atoms with Crippen molar-refractivity contribution in [3.8, 4) is 10.6 Å². The maximum absolute atomic E-state index is 11.5. The van der Waals surface area contributed by atoms with Crippen LogP contribution in [-0.2, 0) is 11.3 Å². The Labute approximate surface area is 139 Å². The number of aromatic nitrogens is 1. The smallest absolute Gasteiger partial charge is 0.337 e. The number of benzene rings is 1. The van der Waals surface area contributed by atoms with Crippen LogP contribution >= 0.6 is 11.3 Å². The highest BCUT2D eigenvalue weighted by Crippen LogP contribution is 2.25. The highest BCUT2D eigenvalue weighted by atomic mass is 32.1. The molecule has 3 rings (SSSR count). The van der Waals surface area contributed by atoms with Crippen molar-refractivity contribution in [3.05, 3.63) is 40.9 Å². The molecule has 1 aromatic heterocycles. The van der Waals surface area contributed by atoms with Gasteiger partial charge in [-0.25, -0.2) is 9.78 Å². The number of β-amino-alcohol motifs (C(OH)–C–C–N with tert-alkyl or cyclic N) is 1. The minimum absolute atomic E-state index is 0.215. The number of carbonyl (C=O) groups excluding carboxylic acids is 1. The average molecular weight is 332 g/mol. The van der Waals surface area contributed by atoms with Crippen LogP contribution in [0.3, 0.4) is 0 Å². The van der Waals surface area contributed by atoms with Gasteiger partial charge in [-0.1, -0.05) is 12.1 Å². The molecule has 0 aliphatic carbocycles. The maximum Gasteiger partial charge on any atom is 0.337 e. The third-order valence-corrected chi connectivity index (χ3v) is 4.91. The van der Waals surface area contributed by atoms with Crippen LogP contribution in [0.2, 0.25) is 0 Å². The van der Waals surface area contributed by atoms with Crippen LogP contribution in [0.15, 0.2) is 29.6 Å². The van der Waals surface area contributed by atoms with Gasteiger partial charge in [0, 0.05) is 24.0 Å². The largest absolute Gasteiger partial charge is 0.465 e. The van der Waals surface area contributed by atoms with E-state index in [1.807, 2.05) is 12.1 Å². The predicted octanol–water partition coefficient (Wildman–Crippen LogP) is 2.55. The van der Waals surface area contributed by atoms with Crippen molar-refractivity contribution in [1.29, 1.82) is 0 Å². The topological polar surface area (TPSA) is 62.7 Å². The molecule has 1 saturated heterocycles. The Morgan fingerprint density at radius 2 is 2.22 bits per heavy atom. The Balaban J connectivity index is 1.67. The lowest BCUT2D eigenvalue weighted by atomic mass is 10.1. The van der Waals surface area contributed by atoms with Gasteiger partial charge in [0.1, 0.15) is 5.01 Å². The first kappa shape index (κ1) is 16.1. The van der Waals surface area contributed by atoms with Crippen LogP contribution in [-0.4, -0.2) is 47.3 Å². The van der Waals surface area contributed by atoms with Crippen molar-refractivity contribution in [2.24, 2.45) is 0 Å². The molecule has 23 heavy (non-hydrogen) atoms. The molecule has 0 spiro atoms. The van der Waals surface area contributed by atoms with E-state index in [-0.39, 0.29) is 12.1 Å². The van der Waals surface area contributed by atoms with Gasteiger partial charge in [0.25, 0.3) is 0 Å². The molecular weight excluding hydrogens is 312 g/mol. The summed E-state index contributed by atoms with van der Waals surface area (Å²) in [7, 11) is 1.38. The lowest BCUT2D eigenvalue weighted by Crippen LogP contribution is -2.37. The number of rotatable bonds is 4. The zero-order chi connectivity index (χ0) is 16.2. The maximum atomic E-state index is 11.5. The van der Waals surface area contributed by atoms with E-state index in [1.54, 1.807) is 23.5 Å². The lowest BCUT2D eigenvalue weighted by Gasteiger charge is -2.29. The number of esters is 1. The number of thiazole rings is 1. The van der Waals surface area contributed by atoms with Crippen LogP contribution in [0.25, 0.3) is 10.6 Å². The molecule has 2 heterocycles. The van der Waals surface area contributed by atoms with Crippen molar-refractivity contribution in [1.82, 2.24) is 9.88 Å². The van der Waals surface area contributed by atoms with Gasteiger partial charge in [0.05, 0.1) is 24.5 Å². The monoisotopic (exact) mass is 332 g/mol. The van der Waals surface area contributed by atoms with E-state index in [2.05, 4.69) is 15.3 Å². The van der Waals surface area contributed by atoms with E-state index in [0.29, 0.717) is 5.56 Å². The molecule has 0 amide bonds. The van der Waals surface area contributed by atoms with Crippen LogP contribution in [0.1, 0.15) is 28.9 Å². The van der Waals surface area contributed by atoms with E-state index < -0.39 is 0 Å². The summed E-state index contributed by atoms with van der Waals surface area (Å²) in [5.41, 5.74) is 2.55. The van der Waals surface area contributed by atoms with Gasteiger partial charge in [-0.2, -0.15) is 0 Å². The Bertz CT molecular complexity index is 669. The number of carbonyl (C=O) groups is 1. The summed E-state index contributed by atoms with van der Waals surface area (Å²) in [5.74, 6) is -0.333. The van der Waals surface area contributed by atoms with Crippen LogP contribution in [0, 0.1) is 0 Å². The number of piperidine rings is 1. The average Bonchev–Trinajstić information content (AvgIpc) is 3.03. The van der Waals surface area contributed by atoms with Crippen molar-refractivity contribution >= 4 is 17.3 Å². The van der Waals surface area contributed by atoms with Crippen LogP contribution in [0.5, 0.6) is 0 Å². The second-order valence-corrected chi connectivity index (χ2v) is 6.60. The highest BCUT2D eigenvalue weighted by Gasteiger charge is 2.18. The molecule has 2 aromatic rings. The van der Waals surface area contributed by atoms with Crippen molar-refractivity contribution in [3.63, 3.8) is 0 Å². The Morgan fingerprint density at radius 3 is 2.91 bits per heavy atom. The molecule has 122 valence electrons. The van der Waals surface area contributed by atoms with Gasteiger partial charge in [0.2, 0.25) is 0 Å². The Hall–Kier alpha value is -1.76. The fourth-order valence-electron chi connectivity index (χ4n) is 2.78. The summed E-state index contributed by atoms with van der Waals surface area (Å²) in [4.78, 5) is 18.4. The molecule has 0 radical (unpaired) electrons. The van der Waals surface area contributed by atoms with E-state index in [4.69, 9.17) is 4.74 Å². The number of hydrogen-bond donors (Lipinski definition) is 1. The van der Waals surface area contributed by atoms with Gasteiger partial charge in [-0.15, -0.1) is 11.3 Å². The van der Waals surface area contributed by atoms with Gasteiger partial charge in [-0.3, -0.25) is 4.90 Å². The first-order valence-electron chi connectivity index (χ1n) is 7.69. The number of likely N-dealkylation sites (tertiary alicyclic amines) is 1. The molecular formula is C17H20N2O3S. The highest BCUT2D eigenvalue weighted by molar-refractivity contribution is 7.13. The van der Waals surface area contributed by atoms with Crippen molar-refractivity contribution in [2.75, 3.05) is 20.2 Å². The standard InChI is InChI=1S/C17H20N2O3S/c1-22-17(21)13-6-4-12(5-7-13)16-18-14(11-23-16)9-19-8-2-3-15(20)10-19/h4-7,11,15,20H,2-3,8-10H2,1H3/t15-/m0/s1. The molecule has 1 N–H and O–H groups in total. The second-order valence-electron chi connectivity index (χ2n) is 5.74. The number of aliphatic hydroxyl groups excluding tert-OH is 1. The SMILES string of the molecule is COC(=O)c1ccc(-c2nc(CN3CCC[C@H](O)C3)cs2)cc1. The third kappa shape index (κ3) is 3.96. The van der Waals surface area contributed by atoms with E-state index >= 15 is 0 Å². The van der Waals surface area contributed by atoms with Crippen LogP contribution in [0.4, 0.5) is 0 Å². The minimum Gasteiger partial charge on any atom is -0.465 e. The molecule has 1 fully saturated rings. The second kappa shape index (κ2) is 7.21. The van der Waals surface area contributed by atoms with Gasteiger partial charge in [0.15, 0.2) is 0 Å². The number of nitrogens with zero attached hydrogens (tertiary/aromatic N) is 2. The van der Waals surface area contributed by atoms with Gasteiger partial charge < -0.3 is 9.84 Å². The van der Waals surface area contributed by atoms with E-state index in [0.717, 1.165) is 48.7 Å². The summed E-state index contributed by atoms with van der Waals surface area (Å²) in [5, 5.41) is 12.7. The predicted molar refractivity (Wildman–Crippen MR) is 89.4 cm³/mol. The van der Waals surface area contributed by atoms with Crippen molar-refractivity contribution < 1.29 is 14.6 Å². The van der Waals surface area contributed by atoms with Crippen molar-refractivity contribution in [2.45, 2.75) is 25.5 Å². The van der Waals surface area contributed by atoms with Crippen LogP contribution < -0.4 is 0 Å². The third-order valence-electron chi connectivity index (χ3n) is 3.97. The molecule has 5 nitrogen and oxygen atoms in total. The zero-order valence-electron chi connectivity index (χ0n) is 13.1. The fraction of sp³-hybridized carbons (Fsp3) is 0.412. The normalized spacial score (nSPS) is 18.8. The number of hydrogen-bond acceptors (Lipinski definition) is 6. The molecule has 0 saturated carbocycles. The Morgan fingerprint density at radius 1 is 1.43 bits per heavy atom. The van der Waals surface area contributed by atoms with E-state index in [1.165, 1.54) is 7.11 Å². The minimum atomic E-state index is -0.333. The fourth-order valence-corrected chi connectivity index (χ4v) is 3.60. The zero-order valence-corrected chi connectivity index (χ0v) is 13.9. The molecule has 6 heteroatoms. The number of ether oxygens (including phenoxy) is 1. The summed E-state index contributed by atoms with van der Waals surface area (Å²) in [6.07, 6.45) is 1.71. The van der Waals surface area contributed by atoms with Gasteiger partial charge >= 0.3 is 5.97 Å². The molecule has 1 aliphatic heterocycles. The van der Waals surface area contributed by atoms with Gasteiger partial charge in [-0.05, 0) is 31.5 Å². The summed E-state index contributed by atoms with van der Waals surface area (Å²) >= 11 is 1.60. The Kier molecular flexibility index (Phi) is 5.05. The first-order chi connectivity index (χ1) is 11.2. The quantitative estimate of drug-likeness (QED) is 0.872. The molecule has 0 unspecified atom stereocenters. The molecule has 1 atom stereocenters. The van der Waals surface area contributed by atoms with E-state index in [9.17, 15) is 9.90 Å². The molecule has 1 aromatic carbocycles. The number of methoxy groups -OCH3 is 1. The first-order valence-corrected chi connectivity index (χ1v) is 8.57. The molecule has 0 bridgehead atoms. The number of aliphatic hydroxyl groups is 1. The lowest BCUT2D eigenvalue weighted by molar-refractivity contribution is 0.0600. The summed E-state index contributed by atoms with van der Waals surface area (Å²) < 4.78 is 4.70. The summed E-state index contributed by atoms with van der Waals surface area (Å²) in [6.45, 7) is 2.51. The summed E-state index contributed by atoms with van der Waals surface area (Å²) in [6, 6.07) is 7.28. The molecule has 1 aliphatic rings.